The fourth-order valence-corrected chi connectivity index (χ4v) is 3.92. The summed E-state index contributed by atoms with van der Waals surface area (Å²) >= 11 is 0. The Morgan fingerprint density at radius 1 is 1.06 bits per heavy atom. The van der Waals surface area contributed by atoms with Crippen LogP contribution in [0.25, 0.3) is 0 Å². The van der Waals surface area contributed by atoms with Crippen molar-refractivity contribution in [1.29, 1.82) is 0 Å². The third kappa shape index (κ3) is 4.85. The van der Waals surface area contributed by atoms with E-state index in [1.807, 2.05) is 26.2 Å². The molecule has 2 aromatic carbocycles. The molecule has 3 aromatic rings. The number of ketones is 1. The maximum Gasteiger partial charge on any atom is 0.222 e. The first-order valence-corrected chi connectivity index (χ1v) is 10.6. The van der Waals surface area contributed by atoms with Crippen molar-refractivity contribution < 1.29 is 9.53 Å². The molecular formula is C25H28N4O2. The zero-order chi connectivity index (χ0) is 21.8. The SMILES string of the molecule is COc1ccc(CCNc2ncc3c(n2)C[C@H](c2ccc(N(C)C)cc2)CC3=O)cc1. The van der Waals surface area contributed by atoms with E-state index >= 15 is 0 Å². The summed E-state index contributed by atoms with van der Waals surface area (Å²) in [4.78, 5) is 23.8. The van der Waals surface area contributed by atoms with E-state index in [9.17, 15) is 4.79 Å². The number of hydrogen-bond acceptors (Lipinski definition) is 6. The molecule has 0 radical (unpaired) electrons. The van der Waals surface area contributed by atoms with Crippen molar-refractivity contribution in [1.82, 2.24) is 9.97 Å². The number of methoxy groups -OCH3 is 1. The summed E-state index contributed by atoms with van der Waals surface area (Å²) in [6.07, 6.45) is 3.77. The number of ether oxygens (including phenoxy) is 1. The molecule has 0 amide bonds. The molecule has 0 saturated heterocycles. The van der Waals surface area contributed by atoms with Crippen LogP contribution in [0.15, 0.2) is 54.7 Å². The molecule has 6 heteroatoms. The first kappa shape index (κ1) is 20.8. The second-order valence-corrected chi connectivity index (χ2v) is 8.09. The van der Waals surface area contributed by atoms with E-state index in [0.29, 0.717) is 24.5 Å². The van der Waals surface area contributed by atoms with E-state index in [2.05, 4.69) is 56.6 Å². The number of anilines is 2. The van der Waals surface area contributed by atoms with Crippen molar-refractivity contribution in [2.45, 2.75) is 25.2 Å². The van der Waals surface area contributed by atoms with Gasteiger partial charge in [0, 0.05) is 38.9 Å². The van der Waals surface area contributed by atoms with Gasteiger partial charge in [-0.1, -0.05) is 24.3 Å². The van der Waals surface area contributed by atoms with Gasteiger partial charge in [0.2, 0.25) is 5.95 Å². The number of benzene rings is 2. The molecule has 0 saturated carbocycles. The first-order valence-electron chi connectivity index (χ1n) is 10.6. The number of nitrogens with one attached hydrogen (secondary N) is 1. The summed E-state index contributed by atoms with van der Waals surface area (Å²) in [6, 6.07) is 16.5. The summed E-state index contributed by atoms with van der Waals surface area (Å²) in [7, 11) is 5.71. The van der Waals surface area contributed by atoms with Crippen molar-refractivity contribution in [2.24, 2.45) is 0 Å². The third-order valence-electron chi connectivity index (χ3n) is 5.78. The fraction of sp³-hybridized carbons (Fsp3) is 0.320. The number of Topliss-reactive ketones (excluding diaryl/α,β-unsaturated/α-hetero) is 1. The van der Waals surface area contributed by atoms with E-state index in [-0.39, 0.29) is 11.7 Å². The Labute approximate surface area is 183 Å². The molecule has 1 heterocycles. The van der Waals surface area contributed by atoms with Gasteiger partial charge in [0.15, 0.2) is 5.78 Å². The van der Waals surface area contributed by atoms with Gasteiger partial charge in [0.1, 0.15) is 5.75 Å². The molecular weight excluding hydrogens is 388 g/mol. The van der Waals surface area contributed by atoms with Crippen LogP contribution in [-0.4, -0.2) is 43.5 Å². The zero-order valence-corrected chi connectivity index (χ0v) is 18.3. The Morgan fingerprint density at radius 3 is 2.48 bits per heavy atom. The summed E-state index contributed by atoms with van der Waals surface area (Å²) in [5.41, 5.74) is 5.03. The van der Waals surface area contributed by atoms with Gasteiger partial charge in [-0.3, -0.25) is 4.79 Å². The van der Waals surface area contributed by atoms with Crippen LogP contribution in [0.4, 0.5) is 11.6 Å². The molecule has 0 aliphatic heterocycles. The Balaban J connectivity index is 1.42. The Kier molecular flexibility index (Phi) is 6.16. The highest BCUT2D eigenvalue weighted by Crippen LogP contribution is 2.32. The second-order valence-electron chi connectivity index (χ2n) is 8.09. The highest BCUT2D eigenvalue weighted by Gasteiger charge is 2.28. The van der Waals surface area contributed by atoms with Crippen molar-refractivity contribution >= 4 is 17.4 Å². The fourth-order valence-electron chi connectivity index (χ4n) is 3.92. The monoisotopic (exact) mass is 416 g/mol. The van der Waals surface area contributed by atoms with Crippen molar-refractivity contribution in [3.63, 3.8) is 0 Å². The molecule has 1 N–H and O–H groups in total. The van der Waals surface area contributed by atoms with Gasteiger partial charge in [-0.25, -0.2) is 9.97 Å². The molecule has 1 aliphatic rings. The standard InChI is InChI=1S/C25H28N4O2/c1-29(2)20-8-6-18(7-9-20)19-14-23-22(24(30)15-19)16-27-25(28-23)26-13-12-17-4-10-21(31-3)11-5-17/h4-11,16,19H,12-15H2,1-3H3,(H,26,27,28)/t19-/m0/s1. The lowest BCUT2D eigenvalue weighted by Gasteiger charge is -2.24. The van der Waals surface area contributed by atoms with Crippen LogP contribution in [0.5, 0.6) is 5.75 Å². The summed E-state index contributed by atoms with van der Waals surface area (Å²) in [5.74, 6) is 1.69. The molecule has 160 valence electrons. The summed E-state index contributed by atoms with van der Waals surface area (Å²) < 4.78 is 5.20. The highest BCUT2D eigenvalue weighted by atomic mass is 16.5. The molecule has 4 rings (SSSR count). The van der Waals surface area contributed by atoms with E-state index in [1.165, 1.54) is 11.1 Å². The predicted molar refractivity (Wildman–Crippen MR) is 123 cm³/mol. The third-order valence-corrected chi connectivity index (χ3v) is 5.78. The molecule has 6 nitrogen and oxygen atoms in total. The van der Waals surface area contributed by atoms with Crippen LogP contribution in [-0.2, 0) is 12.8 Å². The Bertz CT molecular complexity index is 1050. The molecule has 31 heavy (non-hydrogen) atoms. The van der Waals surface area contributed by atoms with Gasteiger partial charge < -0.3 is 15.0 Å². The minimum absolute atomic E-state index is 0.118. The number of aromatic nitrogens is 2. The highest BCUT2D eigenvalue weighted by molar-refractivity contribution is 5.98. The average molecular weight is 417 g/mol. The number of hydrogen-bond donors (Lipinski definition) is 1. The lowest BCUT2D eigenvalue weighted by Crippen LogP contribution is -2.21. The minimum Gasteiger partial charge on any atom is -0.497 e. The van der Waals surface area contributed by atoms with E-state index < -0.39 is 0 Å². The number of nitrogens with zero attached hydrogens (tertiary/aromatic N) is 3. The van der Waals surface area contributed by atoms with E-state index in [0.717, 1.165) is 30.0 Å². The maximum atomic E-state index is 12.7. The topological polar surface area (TPSA) is 67.3 Å². The van der Waals surface area contributed by atoms with Crippen LogP contribution < -0.4 is 15.0 Å². The van der Waals surface area contributed by atoms with Gasteiger partial charge in [-0.05, 0) is 54.2 Å². The lowest BCUT2D eigenvalue weighted by molar-refractivity contribution is 0.0962. The number of carbonyl (C=O) groups is 1. The molecule has 1 aromatic heterocycles. The quantitative estimate of drug-likeness (QED) is 0.625. The van der Waals surface area contributed by atoms with Gasteiger partial charge in [0.05, 0.1) is 18.4 Å². The Morgan fingerprint density at radius 2 is 1.81 bits per heavy atom. The second kappa shape index (κ2) is 9.16. The zero-order valence-electron chi connectivity index (χ0n) is 18.3. The summed E-state index contributed by atoms with van der Waals surface area (Å²) in [6.45, 7) is 0.717. The van der Waals surface area contributed by atoms with Gasteiger partial charge in [-0.2, -0.15) is 0 Å². The van der Waals surface area contributed by atoms with Crippen LogP contribution in [0.2, 0.25) is 0 Å². The first-order chi connectivity index (χ1) is 15.0. The van der Waals surface area contributed by atoms with Crippen LogP contribution in [0.3, 0.4) is 0 Å². The number of fused-ring (bicyclic) bond motifs is 1. The van der Waals surface area contributed by atoms with E-state index in [4.69, 9.17) is 4.74 Å². The molecule has 0 spiro atoms. The lowest BCUT2D eigenvalue weighted by atomic mass is 9.82. The maximum absolute atomic E-state index is 12.7. The Hall–Kier alpha value is -3.41. The van der Waals surface area contributed by atoms with Crippen LogP contribution in [0, 0.1) is 0 Å². The van der Waals surface area contributed by atoms with Gasteiger partial charge in [-0.15, -0.1) is 0 Å². The molecule has 0 unspecified atom stereocenters. The molecule has 1 atom stereocenters. The number of rotatable bonds is 7. The normalized spacial score (nSPS) is 15.3. The average Bonchev–Trinajstić information content (AvgIpc) is 2.79. The van der Waals surface area contributed by atoms with Crippen molar-refractivity contribution in [2.75, 3.05) is 38.0 Å². The van der Waals surface area contributed by atoms with Crippen LogP contribution in [0.1, 0.15) is 39.5 Å². The molecule has 1 aliphatic carbocycles. The van der Waals surface area contributed by atoms with Crippen LogP contribution >= 0.6 is 0 Å². The van der Waals surface area contributed by atoms with Gasteiger partial charge in [0.25, 0.3) is 0 Å². The molecule has 0 bridgehead atoms. The number of carbonyl (C=O) groups excluding carboxylic acids is 1. The largest absolute Gasteiger partial charge is 0.497 e. The summed E-state index contributed by atoms with van der Waals surface area (Å²) in [5, 5.41) is 3.29. The van der Waals surface area contributed by atoms with Crippen molar-refractivity contribution in [3.8, 4) is 5.75 Å². The van der Waals surface area contributed by atoms with E-state index in [1.54, 1.807) is 13.3 Å². The smallest absolute Gasteiger partial charge is 0.222 e. The predicted octanol–water partition coefficient (Wildman–Crippen LogP) is 4.12. The minimum atomic E-state index is 0.118. The van der Waals surface area contributed by atoms with Crippen molar-refractivity contribution in [3.05, 3.63) is 77.1 Å². The molecule has 0 fully saturated rings. The van der Waals surface area contributed by atoms with Gasteiger partial charge >= 0.3 is 0 Å².